The number of hydrogen-bond donors (Lipinski definition) is 1. The van der Waals surface area contributed by atoms with Gasteiger partial charge in [-0.15, -0.1) is 0 Å². The number of carbonyl (C=O) groups is 2. The number of likely N-dealkylation sites (tertiary alicyclic amines) is 1. The van der Waals surface area contributed by atoms with E-state index in [1.54, 1.807) is 61.7 Å². The fraction of sp³-hybridized carbons (Fsp3) is 0.241. The maximum Gasteiger partial charge on any atom is 0.295 e. The minimum absolute atomic E-state index is 0.0167. The summed E-state index contributed by atoms with van der Waals surface area (Å²) in [7, 11) is 1.58. The van der Waals surface area contributed by atoms with E-state index in [-0.39, 0.29) is 17.9 Å². The topological polar surface area (TPSA) is 85.3 Å². The van der Waals surface area contributed by atoms with Gasteiger partial charge in [-0.25, -0.2) is 0 Å². The summed E-state index contributed by atoms with van der Waals surface area (Å²) in [5.74, 6) is -0.135. The van der Waals surface area contributed by atoms with Crippen molar-refractivity contribution in [1.29, 1.82) is 0 Å². The molecular formula is C29H28ClNO6. The van der Waals surface area contributed by atoms with Gasteiger partial charge in [0.25, 0.3) is 11.7 Å². The number of ether oxygens (including phenoxy) is 3. The molecule has 0 aliphatic carbocycles. The molecular weight excluding hydrogens is 494 g/mol. The van der Waals surface area contributed by atoms with Crippen molar-refractivity contribution in [3.63, 3.8) is 0 Å². The maximum absolute atomic E-state index is 13.4. The van der Waals surface area contributed by atoms with E-state index in [4.69, 9.17) is 25.8 Å². The van der Waals surface area contributed by atoms with Gasteiger partial charge in [0.1, 0.15) is 23.0 Å². The van der Waals surface area contributed by atoms with Crippen molar-refractivity contribution in [3.8, 4) is 17.2 Å². The Morgan fingerprint density at radius 3 is 2.35 bits per heavy atom. The van der Waals surface area contributed by atoms with Crippen LogP contribution in [0.15, 0.2) is 72.3 Å². The lowest BCUT2D eigenvalue weighted by atomic mass is 9.95. The SMILES string of the molecule is CCOc1cccc(C2/C(=C(/O)c3ccc(Cl)c(OCC)c3)C(=O)C(=O)N2Cc2ccc(OC)cc2)c1. The van der Waals surface area contributed by atoms with E-state index >= 15 is 0 Å². The van der Waals surface area contributed by atoms with Gasteiger partial charge in [-0.2, -0.15) is 0 Å². The van der Waals surface area contributed by atoms with Gasteiger partial charge in [0.15, 0.2) is 0 Å². The van der Waals surface area contributed by atoms with Crippen molar-refractivity contribution in [2.45, 2.75) is 26.4 Å². The van der Waals surface area contributed by atoms with E-state index in [9.17, 15) is 14.7 Å². The number of ketones is 1. The van der Waals surface area contributed by atoms with Gasteiger partial charge in [-0.05, 0) is 67.4 Å². The molecule has 1 aliphatic rings. The van der Waals surface area contributed by atoms with Gasteiger partial charge >= 0.3 is 0 Å². The van der Waals surface area contributed by atoms with Crippen LogP contribution in [0.3, 0.4) is 0 Å². The summed E-state index contributed by atoms with van der Waals surface area (Å²) in [6.45, 7) is 4.68. The molecule has 7 nitrogen and oxygen atoms in total. The number of aliphatic hydroxyl groups is 1. The fourth-order valence-electron chi connectivity index (χ4n) is 4.33. The number of benzene rings is 3. The largest absolute Gasteiger partial charge is 0.507 e. The van der Waals surface area contributed by atoms with Crippen molar-refractivity contribution in [3.05, 3.63) is 94.0 Å². The molecule has 0 saturated carbocycles. The summed E-state index contributed by atoms with van der Waals surface area (Å²) in [5.41, 5.74) is 1.75. The predicted octanol–water partition coefficient (Wildman–Crippen LogP) is 5.77. The summed E-state index contributed by atoms with van der Waals surface area (Å²) in [6.07, 6.45) is 0. The average Bonchev–Trinajstić information content (AvgIpc) is 3.15. The molecule has 1 N–H and O–H groups in total. The lowest BCUT2D eigenvalue weighted by Crippen LogP contribution is -2.29. The first-order valence-corrected chi connectivity index (χ1v) is 12.3. The van der Waals surface area contributed by atoms with Crippen molar-refractivity contribution in [2.75, 3.05) is 20.3 Å². The van der Waals surface area contributed by atoms with Crippen LogP contribution in [-0.4, -0.2) is 42.0 Å². The summed E-state index contributed by atoms with van der Waals surface area (Å²) < 4.78 is 16.4. The van der Waals surface area contributed by atoms with E-state index in [1.165, 1.54) is 4.90 Å². The Balaban J connectivity index is 1.85. The molecule has 0 aromatic heterocycles. The quantitative estimate of drug-likeness (QED) is 0.219. The van der Waals surface area contributed by atoms with Gasteiger partial charge in [0, 0.05) is 12.1 Å². The second-order valence-corrected chi connectivity index (χ2v) is 8.77. The first kappa shape index (κ1) is 26.1. The molecule has 1 atom stereocenters. The van der Waals surface area contributed by atoms with E-state index in [0.717, 1.165) is 5.56 Å². The smallest absolute Gasteiger partial charge is 0.295 e. The minimum atomic E-state index is -0.839. The molecule has 0 radical (unpaired) electrons. The second-order valence-electron chi connectivity index (χ2n) is 8.36. The lowest BCUT2D eigenvalue weighted by molar-refractivity contribution is -0.140. The zero-order chi connectivity index (χ0) is 26.5. The molecule has 1 unspecified atom stereocenters. The van der Waals surface area contributed by atoms with Crippen LogP contribution in [0.5, 0.6) is 17.2 Å². The minimum Gasteiger partial charge on any atom is -0.507 e. The molecule has 1 fully saturated rings. The average molecular weight is 522 g/mol. The molecule has 8 heteroatoms. The third kappa shape index (κ3) is 5.42. The predicted molar refractivity (Wildman–Crippen MR) is 141 cm³/mol. The standard InChI is InChI=1S/C29H28ClNO6/c1-4-36-22-8-6-7-19(15-22)26-25(27(32)20-11-14-23(30)24(16-20)37-5-2)28(33)29(34)31(26)17-18-9-12-21(35-3)13-10-18/h6-16,26,32H,4-5,17H2,1-3H3/b27-25-. The molecule has 1 aliphatic heterocycles. The highest BCUT2D eigenvalue weighted by atomic mass is 35.5. The zero-order valence-electron chi connectivity index (χ0n) is 20.9. The Bertz CT molecular complexity index is 1330. The summed E-state index contributed by atoms with van der Waals surface area (Å²) in [4.78, 5) is 28.2. The van der Waals surface area contributed by atoms with E-state index in [1.807, 2.05) is 26.0 Å². The van der Waals surface area contributed by atoms with E-state index in [2.05, 4.69) is 0 Å². The number of methoxy groups -OCH3 is 1. The third-order valence-electron chi connectivity index (χ3n) is 6.04. The maximum atomic E-state index is 13.4. The number of nitrogens with zero attached hydrogens (tertiary/aromatic N) is 1. The fourth-order valence-corrected chi connectivity index (χ4v) is 4.50. The van der Waals surface area contributed by atoms with Crippen LogP contribution in [0, 0.1) is 0 Å². The highest BCUT2D eigenvalue weighted by Gasteiger charge is 2.46. The Hall–Kier alpha value is -3.97. The normalized spacial score (nSPS) is 16.6. The number of amides is 1. The van der Waals surface area contributed by atoms with Gasteiger partial charge < -0.3 is 24.2 Å². The van der Waals surface area contributed by atoms with Crippen LogP contribution in [-0.2, 0) is 16.1 Å². The number of halogens is 1. The van der Waals surface area contributed by atoms with E-state index in [0.29, 0.717) is 46.6 Å². The summed E-state index contributed by atoms with van der Waals surface area (Å²) in [6, 6.07) is 18.3. The number of rotatable bonds is 9. The number of hydrogen-bond acceptors (Lipinski definition) is 6. The highest BCUT2D eigenvalue weighted by molar-refractivity contribution is 6.46. The number of aliphatic hydroxyl groups excluding tert-OH is 1. The zero-order valence-corrected chi connectivity index (χ0v) is 21.6. The Morgan fingerprint density at radius 1 is 0.946 bits per heavy atom. The third-order valence-corrected chi connectivity index (χ3v) is 6.35. The van der Waals surface area contributed by atoms with E-state index < -0.39 is 17.7 Å². The Morgan fingerprint density at radius 2 is 1.68 bits per heavy atom. The summed E-state index contributed by atoms with van der Waals surface area (Å²) >= 11 is 6.22. The van der Waals surface area contributed by atoms with Crippen LogP contribution in [0.25, 0.3) is 5.76 Å². The van der Waals surface area contributed by atoms with Crippen LogP contribution >= 0.6 is 11.6 Å². The van der Waals surface area contributed by atoms with Gasteiger partial charge in [-0.3, -0.25) is 9.59 Å². The van der Waals surface area contributed by atoms with Crippen molar-refractivity contribution in [1.82, 2.24) is 4.90 Å². The molecule has 1 saturated heterocycles. The molecule has 1 amide bonds. The number of Topliss-reactive ketones (excluding diaryl/α,β-unsaturated/α-hetero) is 1. The monoisotopic (exact) mass is 521 g/mol. The van der Waals surface area contributed by atoms with Crippen molar-refractivity contribution < 1.29 is 28.9 Å². The molecule has 1 heterocycles. The van der Waals surface area contributed by atoms with Gasteiger partial charge in [0.2, 0.25) is 0 Å². The second kappa shape index (κ2) is 11.4. The molecule has 0 spiro atoms. The Kier molecular flexibility index (Phi) is 8.04. The van der Waals surface area contributed by atoms with Crippen LogP contribution < -0.4 is 14.2 Å². The highest BCUT2D eigenvalue weighted by Crippen LogP contribution is 2.42. The van der Waals surface area contributed by atoms with Crippen molar-refractivity contribution >= 4 is 29.1 Å². The summed E-state index contributed by atoms with van der Waals surface area (Å²) in [5, 5.41) is 11.8. The first-order valence-electron chi connectivity index (χ1n) is 11.9. The molecule has 4 rings (SSSR count). The molecule has 3 aromatic rings. The van der Waals surface area contributed by atoms with Crippen molar-refractivity contribution in [2.24, 2.45) is 0 Å². The van der Waals surface area contributed by atoms with Crippen LogP contribution in [0.2, 0.25) is 5.02 Å². The van der Waals surface area contributed by atoms with Crippen LogP contribution in [0.4, 0.5) is 0 Å². The molecule has 37 heavy (non-hydrogen) atoms. The van der Waals surface area contributed by atoms with Gasteiger partial charge in [0.05, 0.1) is 37.0 Å². The lowest BCUT2D eigenvalue weighted by Gasteiger charge is -2.26. The molecule has 3 aromatic carbocycles. The van der Waals surface area contributed by atoms with Gasteiger partial charge in [-0.1, -0.05) is 35.9 Å². The van der Waals surface area contributed by atoms with Crippen LogP contribution in [0.1, 0.15) is 36.6 Å². The molecule has 192 valence electrons. The molecule has 0 bridgehead atoms. The number of carbonyl (C=O) groups excluding carboxylic acids is 2. The first-order chi connectivity index (χ1) is 17.9. The Labute approximate surface area is 220 Å².